The van der Waals surface area contributed by atoms with Crippen molar-refractivity contribution in [2.45, 2.75) is 84.2 Å². The zero-order valence-corrected chi connectivity index (χ0v) is 17.1. The van der Waals surface area contributed by atoms with Gasteiger partial charge < -0.3 is 13.6 Å². The molecule has 0 bridgehead atoms. The van der Waals surface area contributed by atoms with Crippen LogP contribution >= 0.6 is 0 Å². The molecule has 5 heteroatoms. The third kappa shape index (κ3) is 13.8. The van der Waals surface area contributed by atoms with E-state index >= 15 is 0 Å². The lowest BCUT2D eigenvalue weighted by molar-refractivity contribution is -0.137. The van der Waals surface area contributed by atoms with Gasteiger partial charge in [-0.1, -0.05) is 59.0 Å². The van der Waals surface area contributed by atoms with Gasteiger partial charge in [-0.3, -0.25) is 0 Å². The maximum absolute atomic E-state index is 11.1. The average Bonchev–Trinajstić information content (AvgIpc) is 2.58. The number of hydrogen-bond acceptors (Lipinski definition) is 4. The van der Waals surface area contributed by atoms with Gasteiger partial charge in [0.15, 0.2) is 0 Å². The molecule has 0 saturated heterocycles. The molecule has 0 fully saturated rings. The maximum Gasteiger partial charge on any atom is 0.335 e. The fourth-order valence-corrected chi connectivity index (χ4v) is 4.76. The van der Waals surface area contributed by atoms with Crippen molar-refractivity contribution >= 4 is 14.5 Å². The van der Waals surface area contributed by atoms with Crippen molar-refractivity contribution in [3.63, 3.8) is 0 Å². The molecule has 0 atom stereocenters. The first kappa shape index (κ1) is 23.3. The van der Waals surface area contributed by atoms with E-state index in [9.17, 15) is 4.79 Å². The lowest BCUT2D eigenvalue weighted by Gasteiger charge is -2.27. The van der Waals surface area contributed by atoms with Crippen LogP contribution in [-0.4, -0.2) is 34.4 Å². The van der Waals surface area contributed by atoms with E-state index in [1.54, 1.807) is 0 Å². The molecule has 0 amide bonds. The van der Waals surface area contributed by atoms with Gasteiger partial charge in [-0.05, 0) is 31.9 Å². The van der Waals surface area contributed by atoms with E-state index < -0.39 is 8.56 Å². The Morgan fingerprint density at radius 1 is 0.875 bits per heavy atom. The van der Waals surface area contributed by atoms with Gasteiger partial charge >= 0.3 is 14.5 Å². The molecule has 0 aliphatic carbocycles. The van der Waals surface area contributed by atoms with Crippen LogP contribution in [0.1, 0.15) is 71.6 Å². The quantitative estimate of drug-likeness (QED) is 0.152. The second-order valence-corrected chi connectivity index (χ2v) is 9.77. The van der Waals surface area contributed by atoms with Gasteiger partial charge in [-0.25, -0.2) is 4.79 Å². The number of carbonyl (C=O) groups is 1. The summed E-state index contributed by atoms with van der Waals surface area (Å²) in [4.78, 5) is 11.1. The van der Waals surface area contributed by atoms with Gasteiger partial charge in [0.25, 0.3) is 0 Å². The number of unbranched alkanes of at least 4 members (excludes halogenated alkanes) is 6. The fourth-order valence-electron chi connectivity index (χ4n) is 2.44. The zero-order valence-electron chi connectivity index (χ0n) is 16.1. The molecular weight excluding hydrogens is 320 g/mol. The van der Waals surface area contributed by atoms with Crippen molar-refractivity contribution in [3.05, 3.63) is 12.7 Å². The smallest absolute Gasteiger partial charge is 0.335 e. The van der Waals surface area contributed by atoms with Crippen LogP contribution in [0.2, 0.25) is 12.6 Å². The van der Waals surface area contributed by atoms with E-state index in [1.165, 1.54) is 44.6 Å². The Morgan fingerprint density at radius 3 is 1.88 bits per heavy atom. The highest BCUT2D eigenvalue weighted by atomic mass is 28.4. The maximum atomic E-state index is 11.1. The summed E-state index contributed by atoms with van der Waals surface area (Å²) in [5.41, 5.74) is 0. The predicted molar refractivity (Wildman–Crippen MR) is 102 cm³/mol. The van der Waals surface area contributed by atoms with Crippen molar-refractivity contribution in [3.8, 4) is 0 Å². The van der Waals surface area contributed by atoms with Crippen LogP contribution in [0.15, 0.2) is 12.7 Å². The number of rotatable bonds is 17. The Balaban J connectivity index is 4.13. The van der Waals surface area contributed by atoms with Crippen LogP contribution < -0.4 is 0 Å². The minimum Gasteiger partial charge on any atom is -0.463 e. The van der Waals surface area contributed by atoms with Crippen LogP contribution in [0.5, 0.6) is 0 Å². The molecule has 0 aliphatic heterocycles. The summed E-state index contributed by atoms with van der Waals surface area (Å²) in [6.07, 6.45) is 11.6. The van der Waals surface area contributed by atoms with Gasteiger partial charge in [0.2, 0.25) is 0 Å². The summed E-state index contributed by atoms with van der Waals surface area (Å²) >= 11 is 0. The van der Waals surface area contributed by atoms with Crippen LogP contribution in [0.3, 0.4) is 0 Å². The fraction of sp³-hybridized carbons (Fsp3) is 0.842. The van der Waals surface area contributed by atoms with Crippen molar-refractivity contribution in [1.29, 1.82) is 0 Å². The first-order chi connectivity index (χ1) is 11.6. The Hall–Kier alpha value is -0.653. The summed E-state index contributed by atoms with van der Waals surface area (Å²) in [6.45, 7) is 11.9. The second kappa shape index (κ2) is 15.9. The highest BCUT2D eigenvalue weighted by Crippen LogP contribution is 2.18. The third-order valence-corrected chi connectivity index (χ3v) is 6.89. The number of ether oxygens (including phenoxy) is 1. The molecule has 0 N–H and O–H groups in total. The zero-order chi connectivity index (χ0) is 18.1. The van der Waals surface area contributed by atoms with E-state index in [0.717, 1.165) is 38.5 Å². The molecule has 0 radical (unpaired) electrons. The van der Waals surface area contributed by atoms with Gasteiger partial charge in [0.1, 0.15) is 0 Å². The summed E-state index contributed by atoms with van der Waals surface area (Å²) < 4.78 is 17.4. The summed E-state index contributed by atoms with van der Waals surface area (Å²) in [7, 11) is -2.17. The van der Waals surface area contributed by atoms with E-state index in [1.807, 2.05) is 0 Å². The lowest BCUT2D eigenvalue weighted by Crippen LogP contribution is -2.39. The first-order valence-electron chi connectivity index (χ1n) is 9.65. The summed E-state index contributed by atoms with van der Waals surface area (Å²) in [6, 6.07) is 0.860. The Morgan fingerprint density at radius 2 is 1.42 bits per heavy atom. The minimum absolute atomic E-state index is 0.362. The van der Waals surface area contributed by atoms with Crippen molar-refractivity contribution in [2.24, 2.45) is 0 Å². The molecular formula is C19H38O4Si. The van der Waals surface area contributed by atoms with Gasteiger partial charge in [-0.2, -0.15) is 0 Å². The molecule has 142 valence electrons. The largest absolute Gasteiger partial charge is 0.463 e. The number of hydrogen-bond donors (Lipinski definition) is 0. The first-order valence-corrected chi connectivity index (χ1v) is 12.2. The molecule has 0 saturated carbocycles. The summed E-state index contributed by atoms with van der Waals surface area (Å²) in [5.74, 6) is -0.362. The Bertz CT molecular complexity index is 306. The molecule has 0 aliphatic rings. The highest BCUT2D eigenvalue weighted by molar-refractivity contribution is 6.66. The minimum atomic E-state index is -2.17. The molecule has 0 aromatic heterocycles. The Kier molecular flexibility index (Phi) is 15.4. The number of esters is 1. The molecule has 0 aromatic carbocycles. The standard InChI is InChI=1S/C19H38O4Si/c1-5-8-10-12-16-22-24(4,23-17-13-11-9-6-2)18-14-15-21-19(20)7-3/h7H,3,5-6,8-18H2,1-2,4H3. The van der Waals surface area contributed by atoms with E-state index in [4.69, 9.17) is 13.6 Å². The van der Waals surface area contributed by atoms with Gasteiger partial charge in [0.05, 0.1) is 6.61 Å². The van der Waals surface area contributed by atoms with Crippen molar-refractivity contribution in [1.82, 2.24) is 0 Å². The highest BCUT2D eigenvalue weighted by Gasteiger charge is 2.30. The van der Waals surface area contributed by atoms with Crippen LogP contribution in [0.4, 0.5) is 0 Å². The van der Waals surface area contributed by atoms with Gasteiger partial charge in [0, 0.05) is 19.3 Å². The average molecular weight is 359 g/mol. The topological polar surface area (TPSA) is 44.8 Å². The van der Waals surface area contributed by atoms with Gasteiger partial charge in [-0.15, -0.1) is 0 Å². The summed E-state index contributed by atoms with van der Waals surface area (Å²) in [5, 5.41) is 0. The lowest BCUT2D eigenvalue weighted by atomic mass is 10.2. The molecule has 4 nitrogen and oxygen atoms in total. The molecule has 24 heavy (non-hydrogen) atoms. The Labute approximate surface area is 150 Å². The second-order valence-electron chi connectivity index (χ2n) is 6.43. The molecule has 0 spiro atoms. The van der Waals surface area contributed by atoms with Crippen LogP contribution in [0.25, 0.3) is 0 Å². The third-order valence-electron chi connectivity index (χ3n) is 4.00. The monoisotopic (exact) mass is 358 g/mol. The van der Waals surface area contributed by atoms with Crippen LogP contribution in [0, 0.1) is 0 Å². The molecule has 0 heterocycles. The SMILES string of the molecule is C=CC(=O)OCCC[Si](C)(OCCCCCC)OCCCCCC. The molecule has 0 aromatic rings. The normalized spacial score (nSPS) is 11.5. The van der Waals surface area contributed by atoms with E-state index in [-0.39, 0.29) is 5.97 Å². The predicted octanol–water partition coefficient (Wildman–Crippen LogP) is 5.37. The molecule has 0 rings (SSSR count). The van der Waals surface area contributed by atoms with Crippen molar-refractivity contribution in [2.75, 3.05) is 19.8 Å². The molecule has 0 unspecified atom stereocenters. The van der Waals surface area contributed by atoms with Crippen molar-refractivity contribution < 1.29 is 18.4 Å². The van der Waals surface area contributed by atoms with E-state index in [2.05, 4.69) is 27.0 Å². The van der Waals surface area contributed by atoms with E-state index in [0.29, 0.717) is 6.61 Å². The number of carbonyl (C=O) groups excluding carboxylic acids is 1. The van der Waals surface area contributed by atoms with Crippen LogP contribution in [-0.2, 0) is 18.4 Å².